The molecule has 5 heteroatoms. The van der Waals surface area contributed by atoms with Crippen LogP contribution in [-0.2, 0) is 4.74 Å². The highest BCUT2D eigenvalue weighted by Crippen LogP contribution is 2.27. The highest BCUT2D eigenvalue weighted by Gasteiger charge is 2.34. The van der Waals surface area contributed by atoms with Crippen molar-refractivity contribution in [1.29, 1.82) is 0 Å². The Morgan fingerprint density at radius 3 is 2.94 bits per heavy atom. The van der Waals surface area contributed by atoms with Crippen LogP contribution in [0.15, 0.2) is 24.3 Å². The van der Waals surface area contributed by atoms with Crippen molar-refractivity contribution in [3.8, 4) is 0 Å². The van der Waals surface area contributed by atoms with Crippen LogP contribution < -0.4 is 16.6 Å². The van der Waals surface area contributed by atoms with Crippen molar-refractivity contribution in [2.45, 2.75) is 18.1 Å². The van der Waals surface area contributed by atoms with Gasteiger partial charge in [0.15, 0.2) is 0 Å². The third-order valence-electron chi connectivity index (χ3n) is 2.84. The molecule has 2 rings (SSSR count). The molecule has 1 aliphatic heterocycles. The Labute approximate surface area is 100 Å². The molecule has 4 N–H and O–H groups in total. The van der Waals surface area contributed by atoms with Gasteiger partial charge >= 0.3 is 0 Å². The number of hydrogen-bond acceptors (Lipinski definition) is 4. The summed E-state index contributed by atoms with van der Waals surface area (Å²) in [6, 6.07) is 7.94. The lowest BCUT2D eigenvalue weighted by Crippen LogP contribution is -2.38. The van der Waals surface area contributed by atoms with E-state index in [9.17, 15) is 0 Å². The summed E-state index contributed by atoms with van der Waals surface area (Å²) in [5, 5.41) is 0.729. The summed E-state index contributed by atoms with van der Waals surface area (Å²) >= 11 is 5.98. The summed E-state index contributed by atoms with van der Waals surface area (Å²) in [6.07, 6.45) is -0.126. The lowest BCUT2D eigenvalue weighted by Gasteiger charge is -2.20. The van der Waals surface area contributed by atoms with Crippen LogP contribution in [-0.4, -0.2) is 25.9 Å². The van der Waals surface area contributed by atoms with Crippen LogP contribution in [0.25, 0.3) is 0 Å². The SMILES string of the molecule is COCC1NNC(N)C1c1cccc(Cl)c1. The van der Waals surface area contributed by atoms with E-state index in [1.54, 1.807) is 7.11 Å². The molecular weight excluding hydrogens is 226 g/mol. The molecule has 1 heterocycles. The summed E-state index contributed by atoms with van der Waals surface area (Å²) in [7, 11) is 1.68. The van der Waals surface area contributed by atoms with Gasteiger partial charge < -0.3 is 10.5 Å². The van der Waals surface area contributed by atoms with Gasteiger partial charge in [0.05, 0.1) is 18.8 Å². The van der Waals surface area contributed by atoms with Gasteiger partial charge in [0.25, 0.3) is 0 Å². The first kappa shape index (κ1) is 11.8. The standard InChI is InChI=1S/C11H16ClN3O/c1-16-6-9-10(11(13)15-14-9)7-3-2-4-8(12)5-7/h2-5,9-11,14-15H,6,13H2,1H3. The molecule has 3 unspecified atom stereocenters. The third kappa shape index (κ3) is 2.36. The van der Waals surface area contributed by atoms with Crippen molar-refractivity contribution in [2.24, 2.45) is 5.73 Å². The van der Waals surface area contributed by atoms with E-state index in [4.69, 9.17) is 22.1 Å². The number of ether oxygens (including phenoxy) is 1. The predicted molar refractivity (Wildman–Crippen MR) is 64.1 cm³/mol. The largest absolute Gasteiger partial charge is 0.383 e. The van der Waals surface area contributed by atoms with E-state index in [0.29, 0.717) is 6.61 Å². The molecule has 3 atom stereocenters. The topological polar surface area (TPSA) is 59.3 Å². The van der Waals surface area contributed by atoms with Gasteiger partial charge in [0, 0.05) is 18.1 Å². The number of halogens is 1. The Bertz CT molecular complexity index is 359. The van der Waals surface area contributed by atoms with E-state index in [1.807, 2.05) is 24.3 Å². The molecule has 0 amide bonds. The molecule has 1 aromatic rings. The Hall–Kier alpha value is -0.650. The van der Waals surface area contributed by atoms with Crippen LogP contribution in [0, 0.1) is 0 Å². The zero-order valence-electron chi connectivity index (χ0n) is 9.11. The number of nitrogens with one attached hydrogen (secondary N) is 2. The highest BCUT2D eigenvalue weighted by molar-refractivity contribution is 6.30. The molecule has 0 saturated carbocycles. The van der Waals surface area contributed by atoms with E-state index < -0.39 is 0 Å². The molecule has 1 aromatic carbocycles. The first-order valence-corrected chi connectivity index (χ1v) is 5.61. The second-order valence-electron chi connectivity index (χ2n) is 3.96. The quantitative estimate of drug-likeness (QED) is 0.734. The van der Waals surface area contributed by atoms with E-state index in [-0.39, 0.29) is 18.1 Å². The fourth-order valence-corrected chi connectivity index (χ4v) is 2.31. The van der Waals surface area contributed by atoms with Crippen LogP contribution in [0.4, 0.5) is 0 Å². The second-order valence-corrected chi connectivity index (χ2v) is 4.39. The zero-order chi connectivity index (χ0) is 11.5. The van der Waals surface area contributed by atoms with Crippen molar-refractivity contribution in [3.05, 3.63) is 34.9 Å². The summed E-state index contributed by atoms with van der Waals surface area (Å²) in [5.41, 5.74) is 13.3. The molecular formula is C11H16ClN3O. The van der Waals surface area contributed by atoms with Gasteiger partial charge in [-0.1, -0.05) is 23.7 Å². The number of methoxy groups -OCH3 is 1. The van der Waals surface area contributed by atoms with Gasteiger partial charge in [-0.05, 0) is 17.7 Å². The molecule has 1 aliphatic rings. The summed E-state index contributed by atoms with van der Waals surface area (Å²) < 4.78 is 5.17. The zero-order valence-corrected chi connectivity index (χ0v) is 9.87. The predicted octanol–water partition coefficient (Wildman–Crippen LogP) is 0.831. The lowest BCUT2D eigenvalue weighted by atomic mass is 9.91. The Morgan fingerprint density at radius 1 is 1.44 bits per heavy atom. The second kappa shape index (κ2) is 5.12. The van der Waals surface area contributed by atoms with Gasteiger partial charge in [0.1, 0.15) is 0 Å². The minimum absolute atomic E-state index is 0.126. The maximum atomic E-state index is 6.01. The smallest absolute Gasteiger partial charge is 0.0765 e. The van der Waals surface area contributed by atoms with E-state index >= 15 is 0 Å². The number of rotatable bonds is 3. The molecule has 88 valence electrons. The number of hydrazine groups is 1. The van der Waals surface area contributed by atoms with Crippen molar-refractivity contribution >= 4 is 11.6 Å². The Kier molecular flexibility index (Phi) is 3.78. The maximum absolute atomic E-state index is 6.01. The average Bonchev–Trinajstić information content (AvgIpc) is 2.60. The average molecular weight is 242 g/mol. The maximum Gasteiger partial charge on any atom is 0.0765 e. The molecule has 16 heavy (non-hydrogen) atoms. The van der Waals surface area contributed by atoms with Crippen molar-refractivity contribution in [3.63, 3.8) is 0 Å². The lowest BCUT2D eigenvalue weighted by molar-refractivity contribution is 0.165. The van der Waals surface area contributed by atoms with Crippen LogP contribution in [0.2, 0.25) is 5.02 Å². The van der Waals surface area contributed by atoms with Crippen molar-refractivity contribution in [1.82, 2.24) is 10.9 Å². The number of benzene rings is 1. The molecule has 0 aliphatic carbocycles. The number of nitrogens with two attached hydrogens (primary N) is 1. The molecule has 0 spiro atoms. The van der Waals surface area contributed by atoms with E-state index in [0.717, 1.165) is 10.6 Å². The summed E-state index contributed by atoms with van der Waals surface area (Å²) in [4.78, 5) is 0. The fourth-order valence-electron chi connectivity index (χ4n) is 2.11. The summed E-state index contributed by atoms with van der Waals surface area (Å²) in [5.74, 6) is 0.165. The molecule has 1 fully saturated rings. The van der Waals surface area contributed by atoms with Crippen molar-refractivity contribution < 1.29 is 4.74 Å². The molecule has 1 saturated heterocycles. The fraction of sp³-hybridized carbons (Fsp3) is 0.455. The van der Waals surface area contributed by atoms with Crippen LogP contribution in [0.5, 0.6) is 0 Å². The van der Waals surface area contributed by atoms with Gasteiger partial charge in [-0.15, -0.1) is 0 Å². The van der Waals surface area contributed by atoms with Gasteiger partial charge in [0.2, 0.25) is 0 Å². The minimum atomic E-state index is -0.126. The van der Waals surface area contributed by atoms with Crippen LogP contribution in [0.3, 0.4) is 0 Å². The summed E-state index contributed by atoms with van der Waals surface area (Å²) in [6.45, 7) is 0.609. The van der Waals surface area contributed by atoms with Crippen LogP contribution in [0.1, 0.15) is 11.5 Å². The first-order chi connectivity index (χ1) is 7.72. The van der Waals surface area contributed by atoms with Gasteiger partial charge in [-0.2, -0.15) is 0 Å². The number of hydrogen-bond donors (Lipinski definition) is 3. The Morgan fingerprint density at radius 2 is 2.25 bits per heavy atom. The minimum Gasteiger partial charge on any atom is -0.383 e. The van der Waals surface area contributed by atoms with Gasteiger partial charge in [-0.3, -0.25) is 5.43 Å². The van der Waals surface area contributed by atoms with E-state index in [1.165, 1.54) is 0 Å². The first-order valence-electron chi connectivity index (χ1n) is 5.23. The van der Waals surface area contributed by atoms with Crippen molar-refractivity contribution in [2.75, 3.05) is 13.7 Å². The molecule has 4 nitrogen and oxygen atoms in total. The molecule has 0 bridgehead atoms. The molecule has 0 aromatic heterocycles. The monoisotopic (exact) mass is 241 g/mol. The highest BCUT2D eigenvalue weighted by atomic mass is 35.5. The third-order valence-corrected chi connectivity index (χ3v) is 3.07. The van der Waals surface area contributed by atoms with Crippen LogP contribution >= 0.6 is 11.6 Å². The normalized spacial score (nSPS) is 29.6. The Balaban J connectivity index is 2.22. The van der Waals surface area contributed by atoms with Gasteiger partial charge in [-0.25, -0.2) is 5.43 Å². The molecule has 0 radical (unpaired) electrons. The van der Waals surface area contributed by atoms with E-state index in [2.05, 4.69) is 10.9 Å².